The van der Waals surface area contributed by atoms with Gasteiger partial charge in [0, 0.05) is 18.9 Å². The van der Waals surface area contributed by atoms with Crippen molar-refractivity contribution in [2.24, 2.45) is 0 Å². The van der Waals surface area contributed by atoms with Crippen LogP contribution in [0.15, 0.2) is 48.8 Å². The van der Waals surface area contributed by atoms with Gasteiger partial charge in [0.25, 0.3) is 0 Å². The molecule has 0 radical (unpaired) electrons. The highest BCUT2D eigenvalue weighted by Gasteiger charge is 2.34. The first-order valence-corrected chi connectivity index (χ1v) is 6.20. The van der Waals surface area contributed by atoms with Crippen molar-refractivity contribution in [2.75, 3.05) is 0 Å². The fourth-order valence-corrected chi connectivity index (χ4v) is 1.95. The fraction of sp³-hybridized carbons (Fsp3) is 0.200. The van der Waals surface area contributed by atoms with Crippen molar-refractivity contribution < 1.29 is 13.2 Å². The maximum absolute atomic E-state index is 13.0. The first-order chi connectivity index (χ1) is 10.0. The highest BCUT2D eigenvalue weighted by Crippen LogP contribution is 2.34. The number of alkyl halides is 3. The van der Waals surface area contributed by atoms with Crippen LogP contribution in [0.2, 0.25) is 0 Å². The second-order valence-electron chi connectivity index (χ2n) is 4.39. The number of hydrogen-bond acceptors (Lipinski definition) is 3. The lowest BCUT2D eigenvalue weighted by atomic mass is 10.0. The summed E-state index contributed by atoms with van der Waals surface area (Å²) in [5, 5.41) is 12.0. The van der Waals surface area contributed by atoms with Crippen LogP contribution in [-0.4, -0.2) is 4.98 Å². The molecule has 0 saturated heterocycles. The van der Waals surface area contributed by atoms with E-state index in [-0.39, 0.29) is 12.1 Å². The molecule has 1 unspecified atom stereocenters. The van der Waals surface area contributed by atoms with Crippen LogP contribution in [0.1, 0.15) is 22.7 Å². The smallest absolute Gasteiger partial charge is 0.294 e. The van der Waals surface area contributed by atoms with Crippen molar-refractivity contribution in [2.45, 2.75) is 18.8 Å². The zero-order valence-corrected chi connectivity index (χ0v) is 10.9. The SMILES string of the molecule is N#CC(NCc1cccnc1)c1ccccc1C(F)(F)F. The number of nitrogens with one attached hydrogen (secondary N) is 1. The van der Waals surface area contributed by atoms with Gasteiger partial charge in [-0.05, 0) is 23.3 Å². The molecule has 0 aliphatic heterocycles. The van der Waals surface area contributed by atoms with Crippen LogP contribution in [0.4, 0.5) is 13.2 Å². The minimum Gasteiger partial charge on any atom is -0.294 e. The maximum atomic E-state index is 13.0. The number of nitriles is 1. The normalized spacial score (nSPS) is 12.7. The lowest BCUT2D eigenvalue weighted by Crippen LogP contribution is -2.22. The first-order valence-electron chi connectivity index (χ1n) is 6.20. The van der Waals surface area contributed by atoms with E-state index in [2.05, 4.69) is 10.3 Å². The maximum Gasteiger partial charge on any atom is 0.416 e. The molecule has 0 aliphatic rings. The largest absolute Gasteiger partial charge is 0.416 e. The topological polar surface area (TPSA) is 48.7 Å². The lowest BCUT2D eigenvalue weighted by Gasteiger charge is -2.17. The second-order valence-corrected chi connectivity index (χ2v) is 4.39. The molecule has 2 rings (SSSR count). The predicted octanol–water partition coefficient (Wildman–Crippen LogP) is 3.45. The summed E-state index contributed by atoms with van der Waals surface area (Å²) < 4.78 is 38.9. The molecule has 108 valence electrons. The Morgan fingerprint density at radius 3 is 2.57 bits per heavy atom. The van der Waals surface area contributed by atoms with E-state index >= 15 is 0 Å². The molecule has 0 amide bonds. The van der Waals surface area contributed by atoms with Crippen LogP contribution >= 0.6 is 0 Å². The van der Waals surface area contributed by atoms with Gasteiger partial charge in [-0.2, -0.15) is 18.4 Å². The van der Waals surface area contributed by atoms with Crippen molar-refractivity contribution in [3.63, 3.8) is 0 Å². The highest BCUT2D eigenvalue weighted by atomic mass is 19.4. The van der Waals surface area contributed by atoms with E-state index in [1.807, 2.05) is 6.07 Å². The van der Waals surface area contributed by atoms with Crippen LogP contribution in [0.3, 0.4) is 0 Å². The van der Waals surface area contributed by atoms with E-state index in [0.29, 0.717) is 0 Å². The van der Waals surface area contributed by atoms with Crippen molar-refractivity contribution in [3.05, 3.63) is 65.5 Å². The van der Waals surface area contributed by atoms with Gasteiger partial charge in [0.15, 0.2) is 0 Å². The lowest BCUT2D eigenvalue weighted by molar-refractivity contribution is -0.138. The van der Waals surface area contributed by atoms with Gasteiger partial charge in [-0.15, -0.1) is 0 Å². The van der Waals surface area contributed by atoms with Crippen LogP contribution < -0.4 is 5.32 Å². The average molecular weight is 291 g/mol. The summed E-state index contributed by atoms with van der Waals surface area (Å²) in [5.41, 5.74) is -0.0751. The molecule has 0 aliphatic carbocycles. The van der Waals surface area contributed by atoms with Crippen molar-refractivity contribution in [1.29, 1.82) is 5.26 Å². The molecular formula is C15H12F3N3. The zero-order chi connectivity index (χ0) is 15.3. The molecule has 0 saturated carbocycles. The molecule has 3 nitrogen and oxygen atoms in total. The molecule has 0 bridgehead atoms. The summed E-state index contributed by atoms with van der Waals surface area (Å²) in [6.07, 6.45) is -1.29. The van der Waals surface area contributed by atoms with Crippen molar-refractivity contribution in [3.8, 4) is 6.07 Å². The number of halogens is 3. The Morgan fingerprint density at radius 1 is 1.19 bits per heavy atom. The molecule has 1 heterocycles. The molecular weight excluding hydrogens is 279 g/mol. The predicted molar refractivity (Wildman–Crippen MR) is 70.9 cm³/mol. The Balaban J connectivity index is 2.21. The molecule has 1 N–H and O–H groups in total. The van der Waals surface area contributed by atoms with E-state index in [9.17, 15) is 13.2 Å². The minimum atomic E-state index is -4.48. The van der Waals surface area contributed by atoms with Crippen LogP contribution in [0.5, 0.6) is 0 Å². The summed E-state index contributed by atoms with van der Waals surface area (Å²) >= 11 is 0. The summed E-state index contributed by atoms with van der Waals surface area (Å²) in [5.74, 6) is 0. The van der Waals surface area contributed by atoms with E-state index in [4.69, 9.17) is 5.26 Å². The third-order valence-corrected chi connectivity index (χ3v) is 2.94. The number of benzene rings is 1. The molecule has 0 spiro atoms. The van der Waals surface area contributed by atoms with E-state index in [1.54, 1.807) is 24.5 Å². The van der Waals surface area contributed by atoms with Crippen LogP contribution in [-0.2, 0) is 12.7 Å². The van der Waals surface area contributed by atoms with Gasteiger partial charge in [0.1, 0.15) is 6.04 Å². The Labute approximate surface area is 120 Å². The van der Waals surface area contributed by atoms with E-state index < -0.39 is 17.8 Å². The van der Waals surface area contributed by atoms with Gasteiger partial charge >= 0.3 is 6.18 Å². The number of pyridine rings is 1. The Bertz CT molecular complexity index is 633. The first kappa shape index (κ1) is 15.0. The molecule has 6 heteroatoms. The van der Waals surface area contributed by atoms with Gasteiger partial charge in [0.05, 0.1) is 11.6 Å². The molecule has 0 fully saturated rings. The Kier molecular flexibility index (Phi) is 4.55. The third-order valence-electron chi connectivity index (χ3n) is 2.94. The summed E-state index contributed by atoms with van der Waals surface area (Å²) in [6.45, 7) is 0.262. The third kappa shape index (κ3) is 3.80. The van der Waals surface area contributed by atoms with Gasteiger partial charge in [0.2, 0.25) is 0 Å². The molecule has 1 aromatic heterocycles. The molecule has 2 aromatic rings. The number of hydrogen-bond donors (Lipinski definition) is 1. The Hall–Kier alpha value is -2.39. The standard InChI is InChI=1S/C15H12F3N3/c16-15(17,18)13-6-2-1-5-12(13)14(8-19)21-10-11-4-3-7-20-9-11/h1-7,9,14,21H,10H2. The van der Waals surface area contributed by atoms with Gasteiger partial charge in [-0.25, -0.2) is 0 Å². The van der Waals surface area contributed by atoms with Crippen LogP contribution in [0.25, 0.3) is 0 Å². The summed E-state index contributed by atoms with van der Waals surface area (Å²) in [6, 6.07) is 9.42. The monoisotopic (exact) mass is 291 g/mol. The second kappa shape index (κ2) is 6.37. The molecule has 21 heavy (non-hydrogen) atoms. The van der Waals surface area contributed by atoms with E-state index in [0.717, 1.165) is 11.6 Å². The fourth-order valence-electron chi connectivity index (χ4n) is 1.95. The van der Waals surface area contributed by atoms with Crippen molar-refractivity contribution >= 4 is 0 Å². The number of nitrogens with zero attached hydrogens (tertiary/aromatic N) is 2. The van der Waals surface area contributed by atoms with Gasteiger partial charge in [-0.1, -0.05) is 24.3 Å². The van der Waals surface area contributed by atoms with Gasteiger partial charge < -0.3 is 0 Å². The summed E-state index contributed by atoms with van der Waals surface area (Å²) in [4.78, 5) is 3.92. The zero-order valence-electron chi connectivity index (χ0n) is 10.9. The highest BCUT2D eigenvalue weighted by molar-refractivity contribution is 5.35. The van der Waals surface area contributed by atoms with E-state index in [1.165, 1.54) is 18.2 Å². The quantitative estimate of drug-likeness (QED) is 0.938. The van der Waals surface area contributed by atoms with Gasteiger partial charge in [-0.3, -0.25) is 10.3 Å². The summed E-state index contributed by atoms with van der Waals surface area (Å²) in [7, 11) is 0. The minimum absolute atomic E-state index is 0.0728. The molecule has 1 aromatic carbocycles. The molecule has 1 atom stereocenters. The number of rotatable bonds is 4. The Morgan fingerprint density at radius 2 is 1.95 bits per heavy atom. The number of aromatic nitrogens is 1. The average Bonchev–Trinajstić information content (AvgIpc) is 2.48. The van der Waals surface area contributed by atoms with Crippen molar-refractivity contribution in [1.82, 2.24) is 10.3 Å². The van der Waals surface area contributed by atoms with Crippen LogP contribution in [0, 0.1) is 11.3 Å².